The Labute approximate surface area is 253 Å². The molecule has 1 aliphatic heterocycles. The van der Waals surface area contributed by atoms with Crippen molar-refractivity contribution >= 4 is 50.8 Å². The molecule has 2 N–H and O–H groups in total. The number of ketones is 2. The monoisotopic (exact) mass is 621 g/mol. The van der Waals surface area contributed by atoms with E-state index in [9.17, 15) is 27.6 Å². The number of likely N-dealkylation sites (tertiary alicyclic amines) is 1. The fraction of sp³-hybridized carbons (Fsp3) is 0.226. The number of aryl methyl sites for hydroxylation is 1. The van der Waals surface area contributed by atoms with Crippen LogP contribution >= 0.6 is 11.6 Å². The number of carbonyl (C=O) groups excluding carboxylic acids is 4. The number of fused-ring (bicyclic) bond motifs is 1. The molecular weight excluding hydrogens is 594 g/mol. The van der Waals surface area contributed by atoms with Gasteiger partial charge < -0.3 is 15.5 Å². The zero-order valence-corrected chi connectivity index (χ0v) is 24.7. The van der Waals surface area contributed by atoms with Gasteiger partial charge in [-0.3, -0.25) is 23.4 Å². The highest BCUT2D eigenvalue weighted by molar-refractivity contribution is 7.86. The largest absolute Gasteiger partial charge is 0.378 e. The van der Waals surface area contributed by atoms with Gasteiger partial charge in [-0.2, -0.15) is 8.42 Å². The van der Waals surface area contributed by atoms with Crippen LogP contribution in [-0.2, 0) is 19.1 Å². The van der Waals surface area contributed by atoms with Crippen LogP contribution < -0.4 is 10.6 Å². The van der Waals surface area contributed by atoms with Crippen molar-refractivity contribution in [2.45, 2.75) is 30.7 Å². The van der Waals surface area contributed by atoms with Crippen molar-refractivity contribution in [3.63, 3.8) is 0 Å². The number of allylic oxidation sites excluding steroid dienone is 2. The first-order valence-corrected chi connectivity index (χ1v) is 15.3. The van der Waals surface area contributed by atoms with Gasteiger partial charge in [-0.25, -0.2) is 0 Å². The number of Topliss-reactive ketones (excluding diaryl/α,β-unsaturated/α-hetero) is 2. The normalized spacial score (nSPS) is 15.7. The molecule has 5 rings (SSSR count). The zero-order valence-electron chi connectivity index (χ0n) is 23.1. The van der Waals surface area contributed by atoms with E-state index in [2.05, 4.69) is 10.6 Å². The Morgan fingerprint density at radius 1 is 0.907 bits per heavy atom. The SMILES string of the molecule is Cc1ccc(S(=O)(=O)OCC(=O)Nc2ccc(C(=O)N3CCC(NC4=C(Cl)C(=O)c5ccccc5C4=O)CC3)cc2)cc1. The summed E-state index contributed by atoms with van der Waals surface area (Å²) in [5.74, 6) is -1.59. The first-order chi connectivity index (χ1) is 20.5. The summed E-state index contributed by atoms with van der Waals surface area (Å²) in [5, 5.41) is 5.56. The predicted molar refractivity (Wildman–Crippen MR) is 159 cm³/mol. The summed E-state index contributed by atoms with van der Waals surface area (Å²) < 4.78 is 29.5. The second kappa shape index (κ2) is 12.5. The van der Waals surface area contributed by atoms with Crippen molar-refractivity contribution in [3.8, 4) is 0 Å². The summed E-state index contributed by atoms with van der Waals surface area (Å²) in [6.07, 6.45) is 1.09. The Balaban J connectivity index is 1.11. The average molecular weight is 622 g/mol. The van der Waals surface area contributed by atoms with Gasteiger partial charge in [0.05, 0.1) is 4.90 Å². The molecule has 1 aliphatic carbocycles. The van der Waals surface area contributed by atoms with E-state index in [0.717, 1.165) is 5.56 Å². The summed E-state index contributed by atoms with van der Waals surface area (Å²) in [5.41, 5.74) is 2.37. The lowest BCUT2D eigenvalue weighted by atomic mass is 9.91. The zero-order chi connectivity index (χ0) is 30.7. The molecule has 3 aromatic rings. The summed E-state index contributed by atoms with van der Waals surface area (Å²) >= 11 is 6.27. The maximum atomic E-state index is 13.1. The molecular formula is C31H28ClN3O7S. The fourth-order valence-corrected chi connectivity index (χ4v) is 5.99. The summed E-state index contributed by atoms with van der Waals surface area (Å²) in [6.45, 7) is 1.97. The van der Waals surface area contributed by atoms with Gasteiger partial charge in [-0.05, 0) is 56.2 Å². The van der Waals surface area contributed by atoms with Crippen LogP contribution in [-0.4, -0.2) is 62.4 Å². The minimum Gasteiger partial charge on any atom is -0.378 e. The Morgan fingerprint density at radius 3 is 2.14 bits per heavy atom. The molecule has 12 heteroatoms. The number of carbonyl (C=O) groups is 4. The third-order valence-electron chi connectivity index (χ3n) is 7.26. The fourth-order valence-electron chi connectivity index (χ4n) is 4.89. The number of nitrogens with one attached hydrogen (secondary N) is 2. The second-order valence-electron chi connectivity index (χ2n) is 10.3. The number of benzene rings is 3. The number of anilines is 1. The van der Waals surface area contributed by atoms with Crippen molar-refractivity contribution in [3.05, 3.63) is 106 Å². The number of nitrogens with zero attached hydrogens (tertiary/aromatic N) is 1. The van der Waals surface area contributed by atoms with E-state index in [1.54, 1.807) is 65.6 Å². The minimum absolute atomic E-state index is 0.0437. The van der Waals surface area contributed by atoms with E-state index in [0.29, 0.717) is 42.7 Å². The predicted octanol–water partition coefficient (Wildman–Crippen LogP) is 4.06. The maximum absolute atomic E-state index is 13.1. The second-order valence-corrected chi connectivity index (χ2v) is 12.3. The molecule has 1 heterocycles. The standard InChI is InChI=1S/C31H28ClN3O7S/c1-19-6-12-23(13-7-19)43(40,41)42-18-26(36)33-21-10-8-20(9-11-21)31(39)35-16-14-22(15-17-35)34-28-27(32)29(37)24-4-2-3-5-25(24)30(28)38/h2-13,22,34H,14-18H2,1H3,(H,33,36). The van der Waals surface area contributed by atoms with Crippen molar-refractivity contribution < 1.29 is 31.8 Å². The molecule has 2 amide bonds. The maximum Gasteiger partial charge on any atom is 0.297 e. The van der Waals surface area contributed by atoms with Crippen LogP contribution in [0.1, 0.15) is 49.5 Å². The van der Waals surface area contributed by atoms with E-state index in [4.69, 9.17) is 15.8 Å². The molecule has 0 radical (unpaired) electrons. The minimum atomic E-state index is -4.08. The highest BCUT2D eigenvalue weighted by atomic mass is 35.5. The molecule has 222 valence electrons. The smallest absolute Gasteiger partial charge is 0.297 e. The van der Waals surface area contributed by atoms with E-state index in [-0.39, 0.29) is 38.9 Å². The molecule has 0 aromatic heterocycles. The van der Waals surface area contributed by atoms with Crippen LogP contribution in [0.25, 0.3) is 0 Å². The molecule has 2 aliphatic rings. The van der Waals surface area contributed by atoms with Crippen LogP contribution in [0.5, 0.6) is 0 Å². The number of rotatable bonds is 8. The molecule has 0 saturated carbocycles. The summed E-state index contributed by atoms with van der Waals surface area (Å²) in [7, 11) is -4.08. The number of amides is 2. The molecule has 0 unspecified atom stereocenters. The van der Waals surface area contributed by atoms with Gasteiger partial charge in [0.1, 0.15) is 17.3 Å². The van der Waals surface area contributed by atoms with E-state index >= 15 is 0 Å². The van der Waals surface area contributed by atoms with Gasteiger partial charge in [0.2, 0.25) is 11.6 Å². The average Bonchev–Trinajstić information content (AvgIpc) is 3.02. The van der Waals surface area contributed by atoms with Crippen LogP contribution in [0.2, 0.25) is 0 Å². The number of hydrogen-bond acceptors (Lipinski definition) is 8. The Hall–Kier alpha value is -4.32. The van der Waals surface area contributed by atoms with E-state index in [1.165, 1.54) is 12.1 Å². The quantitative estimate of drug-likeness (QED) is 0.359. The van der Waals surface area contributed by atoms with Gasteiger partial charge in [0.25, 0.3) is 21.9 Å². The van der Waals surface area contributed by atoms with Crippen molar-refractivity contribution in [2.24, 2.45) is 0 Å². The lowest BCUT2D eigenvalue weighted by Gasteiger charge is -2.34. The topological polar surface area (TPSA) is 139 Å². The van der Waals surface area contributed by atoms with Crippen LogP contribution in [0.4, 0.5) is 5.69 Å². The van der Waals surface area contributed by atoms with Gasteiger partial charge in [-0.15, -0.1) is 0 Å². The molecule has 1 fully saturated rings. The van der Waals surface area contributed by atoms with E-state index < -0.39 is 28.4 Å². The molecule has 10 nitrogen and oxygen atoms in total. The molecule has 43 heavy (non-hydrogen) atoms. The Bertz CT molecular complexity index is 1730. The Morgan fingerprint density at radius 2 is 1.51 bits per heavy atom. The van der Waals surface area contributed by atoms with Gasteiger partial charge in [0, 0.05) is 41.5 Å². The van der Waals surface area contributed by atoms with Crippen molar-refractivity contribution in [2.75, 3.05) is 25.0 Å². The van der Waals surface area contributed by atoms with Gasteiger partial charge in [0.15, 0.2) is 0 Å². The first kappa shape index (κ1) is 30.1. The van der Waals surface area contributed by atoms with Crippen molar-refractivity contribution in [1.82, 2.24) is 10.2 Å². The van der Waals surface area contributed by atoms with Crippen LogP contribution in [0.15, 0.2) is 88.4 Å². The highest BCUT2D eigenvalue weighted by Crippen LogP contribution is 2.28. The molecule has 0 spiro atoms. The summed E-state index contributed by atoms with van der Waals surface area (Å²) in [4.78, 5) is 52.6. The third kappa shape index (κ3) is 6.69. The molecule has 1 saturated heterocycles. The van der Waals surface area contributed by atoms with Gasteiger partial charge in [-0.1, -0.05) is 53.6 Å². The first-order valence-electron chi connectivity index (χ1n) is 13.5. The summed E-state index contributed by atoms with van der Waals surface area (Å²) in [6, 6.07) is 18.7. The lowest BCUT2D eigenvalue weighted by Crippen LogP contribution is -2.46. The molecule has 0 bridgehead atoms. The Kier molecular flexibility index (Phi) is 8.77. The van der Waals surface area contributed by atoms with Crippen LogP contribution in [0.3, 0.4) is 0 Å². The number of hydrogen-bond donors (Lipinski definition) is 2. The number of halogens is 1. The van der Waals surface area contributed by atoms with Gasteiger partial charge >= 0.3 is 0 Å². The lowest BCUT2D eigenvalue weighted by molar-refractivity contribution is -0.118. The third-order valence-corrected chi connectivity index (χ3v) is 8.90. The molecule has 0 atom stereocenters. The van der Waals surface area contributed by atoms with Crippen molar-refractivity contribution in [1.29, 1.82) is 0 Å². The van der Waals surface area contributed by atoms with Crippen LogP contribution in [0, 0.1) is 6.92 Å². The van der Waals surface area contributed by atoms with E-state index in [1.807, 2.05) is 6.92 Å². The molecule has 3 aromatic carbocycles. The highest BCUT2D eigenvalue weighted by Gasteiger charge is 2.33. The number of piperidine rings is 1.